The lowest BCUT2D eigenvalue weighted by Crippen LogP contribution is -2.52. The predicted molar refractivity (Wildman–Crippen MR) is 85.0 cm³/mol. The van der Waals surface area contributed by atoms with Crippen LogP contribution in [0, 0.1) is 0 Å². The number of carbonyl (C=O) groups excluding carboxylic acids is 2. The van der Waals surface area contributed by atoms with Gasteiger partial charge in [-0.1, -0.05) is 6.07 Å². The minimum Gasteiger partial charge on any atom is -0.335 e. The average molecular weight is 302 g/mol. The molecule has 1 heterocycles. The van der Waals surface area contributed by atoms with E-state index in [1.54, 1.807) is 24.3 Å². The van der Waals surface area contributed by atoms with Gasteiger partial charge in [-0.3, -0.25) is 4.79 Å². The normalized spacial score (nSPS) is 21.3. The van der Waals surface area contributed by atoms with Gasteiger partial charge in [-0.2, -0.15) is 0 Å². The maximum Gasteiger partial charge on any atom is 0.319 e. The van der Waals surface area contributed by atoms with E-state index in [1.807, 2.05) is 11.8 Å². The fourth-order valence-corrected chi connectivity index (χ4v) is 2.62. The van der Waals surface area contributed by atoms with Crippen LogP contribution in [0.25, 0.3) is 0 Å². The summed E-state index contributed by atoms with van der Waals surface area (Å²) in [4.78, 5) is 26.3. The molecule has 2 fully saturated rings. The summed E-state index contributed by atoms with van der Waals surface area (Å²) in [6.07, 6.45) is 2.10. The number of hydrogen-bond donors (Lipinski definition) is 3. The maximum atomic E-state index is 12.6. The summed E-state index contributed by atoms with van der Waals surface area (Å²) >= 11 is 0. The van der Waals surface area contributed by atoms with Crippen LogP contribution in [0.5, 0.6) is 0 Å². The third kappa shape index (κ3) is 3.57. The van der Waals surface area contributed by atoms with Crippen LogP contribution in [-0.2, 0) is 0 Å². The molecule has 0 unspecified atom stereocenters. The van der Waals surface area contributed by atoms with Gasteiger partial charge in [-0.15, -0.1) is 0 Å². The van der Waals surface area contributed by atoms with E-state index in [9.17, 15) is 9.59 Å². The summed E-state index contributed by atoms with van der Waals surface area (Å²) in [5, 5.41) is 8.93. The minimum absolute atomic E-state index is 0.0141. The molecule has 3 N–H and O–H groups in total. The number of amides is 3. The lowest BCUT2D eigenvalue weighted by atomic mass is 10.1. The van der Waals surface area contributed by atoms with E-state index in [1.165, 1.54) is 0 Å². The molecule has 1 aromatic rings. The first kappa shape index (κ1) is 14.8. The van der Waals surface area contributed by atoms with Crippen LogP contribution in [-0.4, -0.2) is 48.6 Å². The first-order valence-corrected chi connectivity index (χ1v) is 7.83. The number of carbonyl (C=O) groups is 2. The van der Waals surface area contributed by atoms with Crippen LogP contribution in [0.3, 0.4) is 0 Å². The van der Waals surface area contributed by atoms with Crippen molar-refractivity contribution >= 4 is 17.6 Å². The third-order valence-corrected chi connectivity index (χ3v) is 4.04. The van der Waals surface area contributed by atoms with E-state index in [0.717, 1.165) is 25.9 Å². The molecule has 0 aromatic heterocycles. The van der Waals surface area contributed by atoms with Crippen molar-refractivity contribution in [2.75, 3.05) is 25.0 Å². The van der Waals surface area contributed by atoms with Gasteiger partial charge < -0.3 is 20.9 Å². The van der Waals surface area contributed by atoms with E-state index in [0.29, 0.717) is 23.8 Å². The average Bonchev–Trinajstić information content (AvgIpc) is 3.31. The standard InChI is InChI=1S/C16H22N4O2/c1-11-10-17-7-8-20(11)15(21)12-3-2-4-14(9-12)19-16(22)18-13-5-6-13/h2-4,9,11,13,17H,5-8,10H2,1H3,(H2,18,19,22)/t11-/m0/s1. The van der Waals surface area contributed by atoms with Crippen molar-refractivity contribution in [1.29, 1.82) is 0 Å². The van der Waals surface area contributed by atoms with Crippen LogP contribution in [0.1, 0.15) is 30.1 Å². The first-order valence-electron chi connectivity index (χ1n) is 7.83. The molecule has 1 aromatic carbocycles. The molecular formula is C16H22N4O2. The molecule has 0 spiro atoms. The van der Waals surface area contributed by atoms with E-state index in [2.05, 4.69) is 16.0 Å². The molecule has 1 aliphatic heterocycles. The van der Waals surface area contributed by atoms with E-state index < -0.39 is 0 Å². The Hall–Kier alpha value is -2.08. The zero-order valence-electron chi connectivity index (χ0n) is 12.8. The number of nitrogens with one attached hydrogen (secondary N) is 3. The molecule has 118 valence electrons. The summed E-state index contributed by atoms with van der Waals surface area (Å²) in [5.41, 5.74) is 1.25. The number of rotatable bonds is 3. The molecule has 0 bridgehead atoms. The molecule has 3 rings (SSSR count). The van der Waals surface area contributed by atoms with E-state index >= 15 is 0 Å². The Labute approximate surface area is 130 Å². The number of urea groups is 1. The Bertz CT molecular complexity index is 571. The number of piperazine rings is 1. The molecule has 3 amide bonds. The quantitative estimate of drug-likeness (QED) is 0.790. The highest BCUT2D eigenvalue weighted by Gasteiger charge is 2.25. The second kappa shape index (κ2) is 6.36. The predicted octanol–water partition coefficient (Wildman–Crippen LogP) is 1.40. The highest BCUT2D eigenvalue weighted by molar-refractivity contribution is 5.97. The van der Waals surface area contributed by atoms with Gasteiger partial charge in [0.1, 0.15) is 0 Å². The third-order valence-electron chi connectivity index (χ3n) is 4.04. The van der Waals surface area contributed by atoms with Gasteiger partial charge in [0.25, 0.3) is 5.91 Å². The maximum absolute atomic E-state index is 12.6. The Morgan fingerprint density at radius 2 is 2.14 bits per heavy atom. The van der Waals surface area contributed by atoms with Crippen LogP contribution in [0.2, 0.25) is 0 Å². The van der Waals surface area contributed by atoms with Crippen LogP contribution < -0.4 is 16.0 Å². The van der Waals surface area contributed by atoms with Crippen molar-refractivity contribution < 1.29 is 9.59 Å². The minimum atomic E-state index is -0.206. The van der Waals surface area contributed by atoms with E-state index in [4.69, 9.17) is 0 Å². The second-order valence-electron chi connectivity index (χ2n) is 6.01. The Morgan fingerprint density at radius 1 is 1.32 bits per heavy atom. The highest BCUT2D eigenvalue weighted by atomic mass is 16.2. The van der Waals surface area contributed by atoms with Crippen molar-refractivity contribution in [3.05, 3.63) is 29.8 Å². The SMILES string of the molecule is C[C@H]1CNCCN1C(=O)c1cccc(NC(=O)NC2CC2)c1. The summed E-state index contributed by atoms with van der Waals surface area (Å²) < 4.78 is 0. The summed E-state index contributed by atoms with van der Waals surface area (Å²) in [7, 11) is 0. The largest absolute Gasteiger partial charge is 0.335 e. The molecule has 6 heteroatoms. The van der Waals surface area contributed by atoms with Crippen molar-refractivity contribution in [2.24, 2.45) is 0 Å². The first-order chi connectivity index (χ1) is 10.6. The molecule has 1 atom stereocenters. The molecule has 22 heavy (non-hydrogen) atoms. The number of nitrogens with zero attached hydrogens (tertiary/aromatic N) is 1. The van der Waals surface area contributed by atoms with Gasteiger partial charge in [0, 0.05) is 43.0 Å². The van der Waals surface area contributed by atoms with Gasteiger partial charge >= 0.3 is 6.03 Å². The van der Waals surface area contributed by atoms with Crippen LogP contribution in [0.15, 0.2) is 24.3 Å². The highest BCUT2D eigenvalue weighted by Crippen LogP contribution is 2.19. The summed E-state index contributed by atoms with van der Waals surface area (Å²) in [6, 6.07) is 7.41. The monoisotopic (exact) mass is 302 g/mol. The molecule has 1 aliphatic carbocycles. The van der Waals surface area contributed by atoms with Gasteiger partial charge in [0.05, 0.1) is 0 Å². The fraction of sp³-hybridized carbons (Fsp3) is 0.500. The van der Waals surface area contributed by atoms with Gasteiger partial charge in [-0.25, -0.2) is 4.79 Å². The molecule has 1 saturated carbocycles. The number of hydrogen-bond acceptors (Lipinski definition) is 3. The zero-order valence-corrected chi connectivity index (χ0v) is 12.8. The Balaban J connectivity index is 1.66. The van der Waals surface area contributed by atoms with Crippen LogP contribution in [0.4, 0.5) is 10.5 Å². The zero-order chi connectivity index (χ0) is 15.5. The number of anilines is 1. The topological polar surface area (TPSA) is 73.5 Å². The van der Waals surface area contributed by atoms with Crippen molar-refractivity contribution in [1.82, 2.24) is 15.5 Å². The lowest BCUT2D eigenvalue weighted by Gasteiger charge is -2.34. The smallest absolute Gasteiger partial charge is 0.319 e. The molecule has 6 nitrogen and oxygen atoms in total. The van der Waals surface area contributed by atoms with Crippen molar-refractivity contribution in [3.63, 3.8) is 0 Å². The molecular weight excluding hydrogens is 280 g/mol. The second-order valence-corrected chi connectivity index (χ2v) is 6.01. The Kier molecular flexibility index (Phi) is 4.29. The fourth-order valence-electron chi connectivity index (χ4n) is 2.62. The molecule has 0 radical (unpaired) electrons. The van der Waals surface area contributed by atoms with Crippen LogP contribution >= 0.6 is 0 Å². The van der Waals surface area contributed by atoms with Gasteiger partial charge in [0.15, 0.2) is 0 Å². The number of benzene rings is 1. The van der Waals surface area contributed by atoms with Gasteiger partial charge in [0.2, 0.25) is 0 Å². The summed E-state index contributed by atoms with van der Waals surface area (Å²) in [5.74, 6) is 0.0141. The summed E-state index contributed by atoms with van der Waals surface area (Å²) in [6.45, 7) is 4.38. The lowest BCUT2D eigenvalue weighted by molar-refractivity contribution is 0.0656. The van der Waals surface area contributed by atoms with E-state index in [-0.39, 0.29) is 18.0 Å². The van der Waals surface area contributed by atoms with Crippen molar-refractivity contribution in [3.8, 4) is 0 Å². The van der Waals surface area contributed by atoms with Gasteiger partial charge in [-0.05, 0) is 38.0 Å². The molecule has 2 aliphatic rings. The Morgan fingerprint density at radius 3 is 2.86 bits per heavy atom. The molecule has 1 saturated heterocycles. The van der Waals surface area contributed by atoms with Crippen molar-refractivity contribution in [2.45, 2.75) is 31.8 Å².